The smallest absolute Gasteiger partial charge is 0.167 e. The molecule has 1 rings (SSSR count). The second-order valence-electron chi connectivity index (χ2n) is 4.33. The van der Waals surface area contributed by atoms with Gasteiger partial charge in [-0.2, -0.15) is 10.4 Å². The number of aromatic nitrogens is 2. The third-order valence-electron chi connectivity index (χ3n) is 3.16. The average Bonchev–Trinajstić information content (AvgIpc) is 2.45. The summed E-state index contributed by atoms with van der Waals surface area (Å²) in [4.78, 5) is 0. The predicted octanol–water partition coefficient (Wildman–Crippen LogP) is 2.69. The highest BCUT2D eigenvalue weighted by molar-refractivity contribution is 5.57. The van der Waals surface area contributed by atoms with Crippen LogP contribution >= 0.6 is 0 Å². The van der Waals surface area contributed by atoms with Crippen molar-refractivity contribution < 1.29 is 0 Å². The highest BCUT2D eigenvalue weighted by Gasteiger charge is 2.16. The quantitative estimate of drug-likeness (QED) is 0.795. The van der Waals surface area contributed by atoms with Crippen LogP contribution in [-0.2, 0) is 12.8 Å². The third-order valence-corrected chi connectivity index (χ3v) is 3.16. The normalized spacial score (nSPS) is 11.4. The van der Waals surface area contributed by atoms with E-state index in [1.54, 1.807) is 0 Å². The molecule has 100 valence electrons. The van der Waals surface area contributed by atoms with Crippen molar-refractivity contribution in [3.63, 3.8) is 0 Å². The standard InChI is InChI=1S/C15H20N4/c1-5-9-11(6-2)17-15-13(10-16)12(7-3)14(8-4)18-19-15/h1,11H,6-9H2,2-4H3,(H,17,19). The number of nitrogens with zero attached hydrogens (tertiary/aromatic N) is 3. The van der Waals surface area contributed by atoms with Gasteiger partial charge in [-0.05, 0) is 24.8 Å². The Hall–Kier alpha value is -2.07. The van der Waals surface area contributed by atoms with Gasteiger partial charge >= 0.3 is 0 Å². The van der Waals surface area contributed by atoms with Gasteiger partial charge in [0.25, 0.3) is 0 Å². The molecule has 4 nitrogen and oxygen atoms in total. The Bertz CT molecular complexity index is 508. The van der Waals surface area contributed by atoms with E-state index < -0.39 is 0 Å². The molecule has 1 atom stereocenters. The minimum Gasteiger partial charge on any atom is -0.364 e. The van der Waals surface area contributed by atoms with E-state index in [1.807, 2.05) is 13.8 Å². The Morgan fingerprint density at radius 2 is 2.00 bits per heavy atom. The van der Waals surface area contributed by atoms with Crippen molar-refractivity contribution in [1.29, 1.82) is 5.26 Å². The summed E-state index contributed by atoms with van der Waals surface area (Å²) in [6.07, 6.45) is 8.40. The van der Waals surface area contributed by atoms with Crippen LogP contribution < -0.4 is 5.32 Å². The first kappa shape index (κ1) is 15.0. The molecule has 0 bridgehead atoms. The van der Waals surface area contributed by atoms with Crippen molar-refractivity contribution in [2.24, 2.45) is 0 Å². The molecule has 0 amide bonds. The van der Waals surface area contributed by atoms with E-state index >= 15 is 0 Å². The van der Waals surface area contributed by atoms with Crippen LogP contribution in [0.3, 0.4) is 0 Å². The van der Waals surface area contributed by atoms with Crippen LogP contribution in [0, 0.1) is 23.7 Å². The molecule has 1 aromatic rings. The lowest BCUT2D eigenvalue weighted by atomic mass is 10.0. The number of nitrogens with one attached hydrogen (secondary N) is 1. The molecule has 0 aromatic carbocycles. The second kappa shape index (κ2) is 7.38. The fraction of sp³-hybridized carbons (Fsp3) is 0.533. The van der Waals surface area contributed by atoms with Gasteiger partial charge in [0.15, 0.2) is 5.82 Å². The van der Waals surface area contributed by atoms with E-state index in [1.165, 1.54) is 0 Å². The Balaban J connectivity index is 3.15. The Kier molecular flexibility index (Phi) is 5.82. The highest BCUT2D eigenvalue weighted by Crippen LogP contribution is 2.21. The zero-order valence-electron chi connectivity index (χ0n) is 11.8. The summed E-state index contributed by atoms with van der Waals surface area (Å²) in [5, 5.41) is 21.0. The fourth-order valence-corrected chi connectivity index (χ4v) is 2.03. The number of hydrogen-bond donors (Lipinski definition) is 1. The molecular weight excluding hydrogens is 236 g/mol. The monoisotopic (exact) mass is 256 g/mol. The molecule has 1 unspecified atom stereocenters. The lowest BCUT2D eigenvalue weighted by Gasteiger charge is -2.17. The van der Waals surface area contributed by atoms with Crippen LogP contribution in [0.15, 0.2) is 0 Å². The first-order valence-electron chi connectivity index (χ1n) is 6.70. The van der Waals surface area contributed by atoms with Crippen molar-refractivity contribution in [3.8, 4) is 18.4 Å². The van der Waals surface area contributed by atoms with E-state index in [0.717, 1.165) is 30.5 Å². The lowest BCUT2D eigenvalue weighted by Crippen LogP contribution is -2.20. The number of anilines is 1. The molecule has 1 heterocycles. The van der Waals surface area contributed by atoms with Crippen molar-refractivity contribution in [3.05, 3.63) is 16.8 Å². The summed E-state index contributed by atoms with van der Waals surface area (Å²) in [5.74, 6) is 3.19. The van der Waals surface area contributed by atoms with Gasteiger partial charge in [0.1, 0.15) is 11.6 Å². The van der Waals surface area contributed by atoms with Crippen LogP contribution in [0.5, 0.6) is 0 Å². The summed E-state index contributed by atoms with van der Waals surface area (Å²) in [5.41, 5.74) is 2.48. The van der Waals surface area contributed by atoms with Gasteiger partial charge in [-0.3, -0.25) is 0 Å². The molecule has 0 aliphatic rings. The van der Waals surface area contributed by atoms with E-state index in [0.29, 0.717) is 17.8 Å². The number of rotatable bonds is 6. The van der Waals surface area contributed by atoms with Crippen LogP contribution in [-0.4, -0.2) is 16.2 Å². The Morgan fingerprint density at radius 3 is 2.47 bits per heavy atom. The second-order valence-corrected chi connectivity index (χ2v) is 4.33. The highest BCUT2D eigenvalue weighted by atomic mass is 15.2. The molecule has 0 aliphatic carbocycles. The Labute approximate surface area is 115 Å². The maximum atomic E-state index is 9.37. The van der Waals surface area contributed by atoms with Crippen LogP contribution in [0.4, 0.5) is 5.82 Å². The van der Waals surface area contributed by atoms with Gasteiger partial charge < -0.3 is 5.32 Å². The molecule has 1 aromatic heterocycles. The molecule has 1 N–H and O–H groups in total. The molecule has 0 aliphatic heterocycles. The minimum atomic E-state index is 0.128. The van der Waals surface area contributed by atoms with E-state index in [9.17, 15) is 5.26 Å². The van der Waals surface area contributed by atoms with Crippen molar-refractivity contribution >= 4 is 5.82 Å². The molecule has 0 spiro atoms. The first-order chi connectivity index (χ1) is 9.21. The maximum absolute atomic E-state index is 9.37. The molecule has 4 heteroatoms. The largest absolute Gasteiger partial charge is 0.364 e. The van der Waals surface area contributed by atoms with Crippen LogP contribution in [0.1, 0.15) is 50.4 Å². The van der Waals surface area contributed by atoms with Gasteiger partial charge in [-0.1, -0.05) is 20.8 Å². The molecule has 19 heavy (non-hydrogen) atoms. The van der Waals surface area contributed by atoms with Gasteiger partial charge in [-0.15, -0.1) is 17.4 Å². The zero-order chi connectivity index (χ0) is 14.3. The number of terminal acetylenes is 1. The molecule has 0 fully saturated rings. The topological polar surface area (TPSA) is 61.6 Å². The van der Waals surface area contributed by atoms with E-state index in [4.69, 9.17) is 6.42 Å². The summed E-state index contributed by atoms with van der Waals surface area (Å²) in [6.45, 7) is 6.10. The predicted molar refractivity (Wildman–Crippen MR) is 76.7 cm³/mol. The SMILES string of the molecule is C#CCC(CC)Nc1nnc(CC)c(CC)c1C#N. The van der Waals surface area contributed by atoms with Crippen molar-refractivity contribution in [2.75, 3.05) is 5.32 Å². The van der Waals surface area contributed by atoms with Gasteiger partial charge in [0, 0.05) is 12.5 Å². The first-order valence-corrected chi connectivity index (χ1v) is 6.70. The minimum absolute atomic E-state index is 0.128. The van der Waals surface area contributed by atoms with E-state index in [2.05, 4.69) is 34.4 Å². The molecule has 0 saturated heterocycles. The molecular formula is C15H20N4. The summed E-state index contributed by atoms with van der Waals surface area (Å²) in [6, 6.07) is 2.37. The van der Waals surface area contributed by atoms with Crippen LogP contribution in [0.2, 0.25) is 0 Å². The fourth-order valence-electron chi connectivity index (χ4n) is 2.03. The summed E-state index contributed by atoms with van der Waals surface area (Å²) in [7, 11) is 0. The maximum Gasteiger partial charge on any atom is 0.167 e. The number of aryl methyl sites for hydroxylation is 1. The summed E-state index contributed by atoms with van der Waals surface area (Å²) < 4.78 is 0. The zero-order valence-corrected chi connectivity index (χ0v) is 11.8. The van der Waals surface area contributed by atoms with Crippen LogP contribution in [0.25, 0.3) is 0 Å². The summed E-state index contributed by atoms with van der Waals surface area (Å²) >= 11 is 0. The van der Waals surface area contributed by atoms with Gasteiger partial charge in [-0.25, -0.2) is 0 Å². The third kappa shape index (κ3) is 3.45. The number of hydrogen-bond acceptors (Lipinski definition) is 4. The van der Waals surface area contributed by atoms with Crippen molar-refractivity contribution in [2.45, 2.75) is 52.5 Å². The lowest BCUT2D eigenvalue weighted by molar-refractivity contribution is 0.705. The Morgan fingerprint density at radius 1 is 1.26 bits per heavy atom. The number of nitriles is 1. The average molecular weight is 256 g/mol. The molecule has 0 saturated carbocycles. The van der Waals surface area contributed by atoms with Gasteiger partial charge in [0.05, 0.1) is 5.69 Å². The van der Waals surface area contributed by atoms with Crippen molar-refractivity contribution in [1.82, 2.24) is 10.2 Å². The van der Waals surface area contributed by atoms with Gasteiger partial charge in [0.2, 0.25) is 0 Å². The molecule has 0 radical (unpaired) electrons. The van der Waals surface area contributed by atoms with E-state index in [-0.39, 0.29) is 6.04 Å².